The Kier molecular flexibility index (Phi) is 5.38. The average molecular weight is 406 g/mol. The van der Waals surface area contributed by atoms with Crippen molar-refractivity contribution >= 4 is 20.9 Å². The van der Waals surface area contributed by atoms with Gasteiger partial charge in [0.2, 0.25) is 10.0 Å². The summed E-state index contributed by atoms with van der Waals surface area (Å²) in [5.74, 6) is -0.275. The highest BCUT2D eigenvalue weighted by molar-refractivity contribution is 7.89. The number of nitrogens with zero attached hydrogens (tertiary/aromatic N) is 1. The van der Waals surface area contributed by atoms with Gasteiger partial charge in [-0.2, -0.15) is 0 Å². The van der Waals surface area contributed by atoms with Gasteiger partial charge in [-0.15, -0.1) is 0 Å². The zero-order chi connectivity index (χ0) is 20.3. The first-order valence-electron chi connectivity index (χ1n) is 9.17. The maximum absolute atomic E-state index is 13.0. The van der Waals surface area contributed by atoms with Crippen LogP contribution >= 0.6 is 0 Å². The third-order valence-corrected chi connectivity index (χ3v) is 6.16. The molecule has 3 aromatic carbocycles. The van der Waals surface area contributed by atoms with Gasteiger partial charge in [-0.1, -0.05) is 42.5 Å². The summed E-state index contributed by atoms with van der Waals surface area (Å²) in [6.45, 7) is 0.183. The Morgan fingerprint density at radius 1 is 0.828 bits per heavy atom. The molecule has 0 aliphatic heterocycles. The van der Waals surface area contributed by atoms with Gasteiger partial charge in [-0.25, -0.2) is 17.5 Å². The molecule has 0 unspecified atom stereocenters. The summed E-state index contributed by atoms with van der Waals surface area (Å²) in [4.78, 5) is 4.50. The maximum Gasteiger partial charge on any atom is 0.240 e. The summed E-state index contributed by atoms with van der Waals surface area (Å²) in [5, 5.41) is 0.923. The molecule has 0 atom stereocenters. The zero-order valence-electron chi connectivity index (χ0n) is 15.5. The minimum atomic E-state index is -3.64. The number of rotatable bonds is 6. The third-order valence-electron chi connectivity index (χ3n) is 4.75. The Morgan fingerprint density at radius 3 is 2.21 bits per heavy atom. The number of pyridine rings is 1. The van der Waals surface area contributed by atoms with Crippen LogP contribution in [0.15, 0.2) is 90.0 Å². The van der Waals surface area contributed by atoms with E-state index in [9.17, 15) is 12.8 Å². The normalized spacial score (nSPS) is 11.6. The van der Waals surface area contributed by atoms with Gasteiger partial charge in [-0.05, 0) is 59.5 Å². The molecular formula is C23H19FN2O2S. The van der Waals surface area contributed by atoms with Gasteiger partial charge in [0, 0.05) is 18.1 Å². The van der Waals surface area contributed by atoms with Gasteiger partial charge in [0.1, 0.15) is 5.82 Å². The van der Waals surface area contributed by atoms with E-state index in [-0.39, 0.29) is 17.3 Å². The summed E-state index contributed by atoms with van der Waals surface area (Å²) in [5.41, 5.74) is 3.61. The molecule has 0 amide bonds. The fourth-order valence-electron chi connectivity index (χ4n) is 3.19. The van der Waals surface area contributed by atoms with E-state index in [1.54, 1.807) is 42.6 Å². The molecule has 1 heterocycles. The van der Waals surface area contributed by atoms with E-state index in [0.29, 0.717) is 6.42 Å². The second-order valence-electron chi connectivity index (χ2n) is 6.76. The van der Waals surface area contributed by atoms with Gasteiger partial charge in [0.05, 0.1) is 10.4 Å². The number of sulfonamides is 1. The molecule has 4 nitrogen and oxygen atoms in total. The molecule has 0 aliphatic carbocycles. The molecular weight excluding hydrogens is 387 g/mol. The topological polar surface area (TPSA) is 59.1 Å². The quantitative estimate of drug-likeness (QED) is 0.515. The SMILES string of the molecule is O=S(=O)(NCc1ccnc2ccccc12)c1ccc(Cc2ccc(F)cc2)cc1. The molecule has 146 valence electrons. The number of para-hydroxylation sites is 1. The van der Waals surface area contributed by atoms with Crippen LogP contribution in [0.2, 0.25) is 0 Å². The number of fused-ring (bicyclic) bond motifs is 1. The first kappa shape index (κ1) is 19.2. The lowest BCUT2D eigenvalue weighted by molar-refractivity contribution is 0.581. The highest BCUT2D eigenvalue weighted by Crippen LogP contribution is 2.18. The predicted octanol–water partition coefficient (Wildman–Crippen LogP) is 4.44. The summed E-state index contributed by atoms with van der Waals surface area (Å²) < 4.78 is 41.0. The fraction of sp³-hybridized carbons (Fsp3) is 0.0870. The van der Waals surface area contributed by atoms with Crippen LogP contribution in [0.1, 0.15) is 16.7 Å². The monoisotopic (exact) mass is 406 g/mol. The molecule has 1 aromatic heterocycles. The van der Waals surface area contributed by atoms with Gasteiger partial charge < -0.3 is 0 Å². The number of halogens is 1. The largest absolute Gasteiger partial charge is 0.256 e. The van der Waals surface area contributed by atoms with E-state index in [0.717, 1.165) is 27.6 Å². The number of hydrogen-bond acceptors (Lipinski definition) is 3. The lowest BCUT2D eigenvalue weighted by atomic mass is 10.1. The van der Waals surface area contributed by atoms with Crippen LogP contribution in [0.3, 0.4) is 0 Å². The van der Waals surface area contributed by atoms with Crippen LogP contribution in [0.4, 0.5) is 4.39 Å². The lowest BCUT2D eigenvalue weighted by Gasteiger charge is -2.10. The molecule has 1 N–H and O–H groups in total. The smallest absolute Gasteiger partial charge is 0.240 e. The lowest BCUT2D eigenvalue weighted by Crippen LogP contribution is -2.23. The minimum Gasteiger partial charge on any atom is -0.256 e. The number of hydrogen-bond donors (Lipinski definition) is 1. The van der Waals surface area contributed by atoms with Crippen LogP contribution in [0, 0.1) is 5.82 Å². The van der Waals surface area contributed by atoms with Crippen LogP contribution in [-0.4, -0.2) is 13.4 Å². The van der Waals surface area contributed by atoms with E-state index >= 15 is 0 Å². The van der Waals surface area contributed by atoms with Gasteiger partial charge in [-0.3, -0.25) is 4.98 Å². The minimum absolute atomic E-state index is 0.183. The van der Waals surface area contributed by atoms with E-state index in [1.165, 1.54) is 12.1 Å². The van der Waals surface area contributed by atoms with Crippen LogP contribution in [0.25, 0.3) is 10.9 Å². The molecule has 0 spiro atoms. The van der Waals surface area contributed by atoms with E-state index < -0.39 is 10.0 Å². The van der Waals surface area contributed by atoms with E-state index in [4.69, 9.17) is 0 Å². The summed E-state index contributed by atoms with van der Waals surface area (Å²) in [6.07, 6.45) is 2.28. The van der Waals surface area contributed by atoms with Gasteiger partial charge in [0.15, 0.2) is 0 Å². The zero-order valence-corrected chi connectivity index (χ0v) is 16.4. The molecule has 0 aliphatic rings. The van der Waals surface area contributed by atoms with Crippen molar-refractivity contribution in [2.75, 3.05) is 0 Å². The first-order chi connectivity index (χ1) is 14.0. The maximum atomic E-state index is 13.0. The molecule has 0 fully saturated rings. The first-order valence-corrected chi connectivity index (χ1v) is 10.7. The van der Waals surface area contributed by atoms with Crippen molar-refractivity contribution in [3.63, 3.8) is 0 Å². The highest BCUT2D eigenvalue weighted by atomic mass is 32.2. The van der Waals surface area contributed by atoms with Crippen molar-refractivity contribution < 1.29 is 12.8 Å². The van der Waals surface area contributed by atoms with Gasteiger partial charge >= 0.3 is 0 Å². The second-order valence-corrected chi connectivity index (χ2v) is 8.53. The number of benzene rings is 3. The predicted molar refractivity (Wildman–Crippen MR) is 111 cm³/mol. The van der Waals surface area contributed by atoms with E-state index in [1.807, 2.05) is 30.3 Å². The Hall–Kier alpha value is -3.09. The molecule has 0 saturated heterocycles. The number of nitrogens with one attached hydrogen (secondary N) is 1. The van der Waals surface area contributed by atoms with Crippen molar-refractivity contribution in [3.8, 4) is 0 Å². The average Bonchev–Trinajstić information content (AvgIpc) is 2.74. The van der Waals surface area contributed by atoms with E-state index in [2.05, 4.69) is 9.71 Å². The summed E-state index contributed by atoms with van der Waals surface area (Å²) in [6, 6.07) is 22.5. The highest BCUT2D eigenvalue weighted by Gasteiger charge is 2.14. The van der Waals surface area contributed by atoms with Crippen molar-refractivity contribution in [2.45, 2.75) is 17.9 Å². The standard InChI is InChI=1S/C23H19FN2O2S/c24-20-9-5-17(6-10-20)15-18-7-11-21(12-8-18)29(27,28)26-16-19-13-14-25-23-4-2-1-3-22(19)23/h1-14,26H,15-16H2. The third kappa shape index (κ3) is 4.50. The molecule has 4 rings (SSSR count). The van der Waals surface area contributed by atoms with Crippen LogP contribution in [-0.2, 0) is 23.0 Å². The second kappa shape index (κ2) is 8.11. The molecule has 29 heavy (non-hydrogen) atoms. The molecule has 4 aromatic rings. The fourth-order valence-corrected chi connectivity index (χ4v) is 4.20. The van der Waals surface area contributed by atoms with Crippen molar-refractivity contribution in [1.29, 1.82) is 0 Å². The Morgan fingerprint density at radius 2 is 1.48 bits per heavy atom. The van der Waals surface area contributed by atoms with Crippen molar-refractivity contribution in [1.82, 2.24) is 9.71 Å². The Labute approximate surface area is 169 Å². The van der Waals surface area contributed by atoms with Crippen molar-refractivity contribution in [3.05, 3.63) is 108 Å². The molecule has 6 heteroatoms. The van der Waals surface area contributed by atoms with Crippen LogP contribution in [0.5, 0.6) is 0 Å². The summed E-state index contributed by atoms with van der Waals surface area (Å²) in [7, 11) is -3.64. The Balaban J connectivity index is 1.47. The summed E-state index contributed by atoms with van der Waals surface area (Å²) >= 11 is 0. The van der Waals surface area contributed by atoms with Gasteiger partial charge in [0.25, 0.3) is 0 Å². The Bertz CT molecular complexity index is 1230. The molecule has 0 radical (unpaired) electrons. The number of aromatic nitrogens is 1. The van der Waals surface area contributed by atoms with Crippen molar-refractivity contribution in [2.24, 2.45) is 0 Å². The van der Waals surface area contributed by atoms with Crippen LogP contribution < -0.4 is 4.72 Å². The molecule has 0 saturated carbocycles. The molecule has 0 bridgehead atoms.